The van der Waals surface area contributed by atoms with Crippen molar-refractivity contribution < 1.29 is 12.4 Å². The van der Waals surface area contributed by atoms with Crippen LogP contribution in [0.2, 0.25) is 0 Å². The van der Waals surface area contributed by atoms with Crippen LogP contribution in [-0.2, 0) is 6.16 Å². The predicted octanol–water partition coefficient (Wildman–Crippen LogP) is 2.18. The highest BCUT2D eigenvalue weighted by Crippen LogP contribution is 2.58. The maximum Gasteiger partial charge on any atom is 0.116 e. The Morgan fingerprint density at radius 2 is 0.704 bits per heavy atom. The minimum Gasteiger partial charge on any atom is -1.00 e. The van der Waals surface area contributed by atoms with Crippen molar-refractivity contribution in [2.75, 3.05) is 0 Å². The Hall–Kier alpha value is -2.40. The van der Waals surface area contributed by atoms with Gasteiger partial charge in [-0.2, -0.15) is 0 Å². The molecular weight excluding hydrogens is 367 g/mol. The normalized spacial score (nSPS) is 10.8. The van der Waals surface area contributed by atoms with E-state index in [4.69, 9.17) is 0 Å². The third kappa shape index (κ3) is 3.98. The average Bonchev–Trinajstić information content (AvgIpc) is 2.75. The van der Waals surface area contributed by atoms with Crippen LogP contribution in [0, 0.1) is 0 Å². The summed E-state index contributed by atoms with van der Waals surface area (Å²) in [6.07, 6.45) is 1.03. The van der Waals surface area contributed by atoms with Crippen molar-refractivity contribution in [1.82, 2.24) is 0 Å². The number of rotatable bonds is 5. The Balaban J connectivity index is 0.00000210. The van der Waals surface area contributed by atoms with E-state index in [1.165, 1.54) is 21.5 Å². The highest BCUT2D eigenvalue weighted by Gasteiger charge is 2.45. The van der Waals surface area contributed by atoms with Gasteiger partial charge in [-0.1, -0.05) is 84.9 Å². The molecule has 134 valence electrons. The summed E-state index contributed by atoms with van der Waals surface area (Å²) in [7, 11) is -1.78. The molecule has 0 unspecified atom stereocenters. The molecule has 0 N–H and O–H groups in total. The third-order valence-corrected chi connectivity index (χ3v) is 9.23. The van der Waals surface area contributed by atoms with Crippen LogP contribution < -0.4 is 28.3 Å². The zero-order chi connectivity index (χ0) is 17.7. The smallest absolute Gasteiger partial charge is 0.116 e. The molecule has 0 bridgehead atoms. The second-order valence-corrected chi connectivity index (χ2v) is 9.95. The molecule has 0 aliphatic heterocycles. The molecule has 0 atom stereocenters. The Morgan fingerprint density at radius 3 is 1.04 bits per heavy atom. The van der Waals surface area contributed by atoms with Crippen molar-refractivity contribution in [3.8, 4) is 0 Å². The fraction of sp³-hybridized carbons (Fsp3) is 0.0400. The van der Waals surface area contributed by atoms with E-state index in [0.717, 1.165) is 6.16 Å². The molecule has 0 saturated heterocycles. The Labute approximate surface area is 168 Å². The second kappa shape index (κ2) is 9.00. The van der Waals surface area contributed by atoms with E-state index in [0.29, 0.717) is 0 Å². The first-order valence-corrected chi connectivity index (χ1v) is 11.0. The molecule has 4 aromatic carbocycles. The summed E-state index contributed by atoms with van der Waals surface area (Å²) in [6.45, 7) is 0. The van der Waals surface area contributed by atoms with Crippen LogP contribution in [0.25, 0.3) is 0 Å². The average molecular weight is 389 g/mol. The van der Waals surface area contributed by atoms with Gasteiger partial charge in [-0.05, 0) is 42.0 Å². The zero-order valence-corrected chi connectivity index (χ0v) is 16.7. The van der Waals surface area contributed by atoms with Crippen molar-refractivity contribution >= 4 is 23.2 Å². The van der Waals surface area contributed by atoms with Gasteiger partial charge in [0.15, 0.2) is 0 Å². The molecule has 0 radical (unpaired) electrons. The van der Waals surface area contributed by atoms with Crippen molar-refractivity contribution in [3.63, 3.8) is 0 Å². The lowest BCUT2D eigenvalue weighted by Gasteiger charge is -2.27. The standard InChI is InChI=1S/C25H22P.ClH/c1-5-13-22(14-6-1)21-26(23-15-7-2-8-16-23,24-17-9-3-10-18-24)25-19-11-4-12-20-25;/h1-20H,21H2;1H/q+1;/p-1. The molecule has 0 aromatic heterocycles. The van der Waals surface area contributed by atoms with E-state index < -0.39 is 7.26 Å². The molecule has 0 saturated carbocycles. The third-order valence-electron chi connectivity index (χ3n) is 4.85. The maximum absolute atomic E-state index is 2.30. The summed E-state index contributed by atoms with van der Waals surface area (Å²) in [5, 5.41) is 4.30. The molecule has 0 fully saturated rings. The maximum atomic E-state index is 2.30. The lowest BCUT2D eigenvalue weighted by Crippen LogP contribution is -3.00. The Bertz CT molecular complexity index is 842. The van der Waals surface area contributed by atoms with Gasteiger partial charge in [-0.25, -0.2) is 0 Å². The number of hydrogen-bond donors (Lipinski definition) is 0. The summed E-state index contributed by atoms with van der Waals surface area (Å²) < 4.78 is 0. The van der Waals surface area contributed by atoms with Gasteiger partial charge in [0, 0.05) is 0 Å². The van der Waals surface area contributed by atoms with Crippen LogP contribution >= 0.6 is 7.26 Å². The van der Waals surface area contributed by atoms with Crippen LogP contribution in [0.15, 0.2) is 121 Å². The monoisotopic (exact) mass is 388 g/mol. The number of hydrogen-bond acceptors (Lipinski definition) is 0. The molecule has 0 aliphatic rings. The van der Waals surface area contributed by atoms with Crippen LogP contribution in [0.1, 0.15) is 5.56 Å². The van der Waals surface area contributed by atoms with Crippen LogP contribution in [-0.4, -0.2) is 0 Å². The van der Waals surface area contributed by atoms with Crippen LogP contribution in [0.4, 0.5) is 0 Å². The second-order valence-electron chi connectivity index (χ2n) is 6.46. The van der Waals surface area contributed by atoms with Gasteiger partial charge in [-0.15, -0.1) is 0 Å². The van der Waals surface area contributed by atoms with Gasteiger partial charge in [0.1, 0.15) is 23.2 Å². The highest BCUT2D eigenvalue weighted by molar-refractivity contribution is 7.95. The van der Waals surface area contributed by atoms with Gasteiger partial charge in [0.05, 0.1) is 6.16 Å². The molecule has 0 amide bonds. The molecule has 4 aromatic rings. The first-order chi connectivity index (χ1) is 12.9. The van der Waals surface area contributed by atoms with Gasteiger partial charge >= 0.3 is 0 Å². The van der Waals surface area contributed by atoms with E-state index in [1.54, 1.807) is 0 Å². The highest BCUT2D eigenvalue weighted by atomic mass is 35.5. The van der Waals surface area contributed by atoms with E-state index >= 15 is 0 Å². The van der Waals surface area contributed by atoms with Gasteiger partial charge in [-0.3, -0.25) is 0 Å². The quantitative estimate of drug-likeness (QED) is 0.460. The summed E-state index contributed by atoms with van der Waals surface area (Å²) in [5.74, 6) is 0. The molecule has 0 nitrogen and oxygen atoms in total. The Morgan fingerprint density at radius 1 is 0.407 bits per heavy atom. The first kappa shape index (κ1) is 19.4. The first-order valence-electron chi connectivity index (χ1n) is 8.98. The molecular formula is C25H22ClP. The molecule has 27 heavy (non-hydrogen) atoms. The van der Waals surface area contributed by atoms with Gasteiger partial charge < -0.3 is 12.4 Å². The Kier molecular flexibility index (Phi) is 6.45. The van der Waals surface area contributed by atoms with Gasteiger partial charge in [0.25, 0.3) is 0 Å². The largest absolute Gasteiger partial charge is 1.00 e. The molecule has 0 aliphatic carbocycles. The van der Waals surface area contributed by atoms with Gasteiger partial charge in [0.2, 0.25) is 0 Å². The molecule has 0 spiro atoms. The zero-order valence-electron chi connectivity index (χ0n) is 15.1. The lowest BCUT2D eigenvalue weighted by molar-refractivity contribution is -0.00000503. The molecule has 4 rings (SSSR count). The SMILES string of the molecule is [Cl-].c1ccc(C[P+](c2ccccc2)(c2ccccc2)c2ccccc2)cc1. The van der Waals surface area contributed by atoms with E-state index in [2.05, 4.69) is 121 Å². The molecule has 0 heterocycles. The van der Waals surface area contributed by atoms with Crippen LogP contribution in [0.3, 0.4) is 0 Å². The van der Waals surface area contributed by atoms with Crippen molar-refractivity contribution in [3.05, 3.63) is 127 Å². The van der Waals surface area contributed by atoms with E-state index in [9.17, 15) is 0 Å². The van der Waals surface area contributed by atoms with Crippen molar-refractivity contribution in [2.24, 2.45) is 0 Å². The fourth-order valence-corrected chi connectivity index (χ4v) is 7.87. The lowest BCUT2D eigenvalue weighted by atomic mass is 10.2. The van der Waals surface area contributed by atoms with Crippen molar-refractivity contribution in [2.45, 2.75) is 6.16 Å². The van der Waals surface area contributed by atoms with Crippen molar-refractivity contribution in [1.29, 1.82) is 0 Å². The summed E-state index contributed by atoms with van der Waals surface area (Å²) >= 11 is 0. The minimum absolute atomic E-state index is 0. The summed E-state index contributed by atoms with van der Waals surface area (Å²) in [6, 6.07) is 44.0. The molecule has 2 heteroatoms. The summed E-state index contributed by atoms with van der Waals surface area (Å²) in [5.41, 5.74) is 1.39. The van der Waals surface area contributed by atoms with E-state index in [1.807, 2.05) is 0 Å². The fourth-order valence-electron chi connectivity index (χ4n) is 3.63. The topological polar surface area (TPSA) is 0 Å². The number of benzene rings is 4. The number of halogens is 1. The predicted molar refractivity (Wildman–Crippen MR) is 115 cm³/mol. The summed E-state index contributed by atoms with van der Waals surface area (Å²) in [4.78, 5) is 0. The minimum atomic E-state index is -1.78. The van der Waals surface area contributed by atoms with Crippen LogP contribution in [0.5, 0.6) is 0 Å². The van der Waals surface area contributed by atoms with E-state index in [-0.39, 0.29) is 12.4 Å².